The molecule has 1 fully saturated rings. The maximum atomic E-state index is 13.2. The number of benzene rings is 1. The standard InChI is InChI=1S/C15H17FO8/c16-8-3-1-2-7(4-8)5-9(14(21)22)23-15-13(20)12(19)11(18)10(6-17)24-15/h1-5,10-13,15,17-20H,6H2,(H,21,22)/b9-5+/t10-,11-,12-,13+,15-/m0/s1. The van der Waals surface area contributed by atoms with Crippen molar-refractivity contribution in [2.45, 2.75) is 30.7 Å². The van der Waals surface area contributed by atoms with Crippen molar-refractivity contribution in [1.82, 2.24) is 0 Å². The van der Waals surface area contributed by atoms with Crippen molar-refractivity contribution in [3.63, 3.8) is 0 Å². The summed E-state index contributed by atoms with van der Waals surface area (Å²) < 4.78 is 23.3. The zero-order valence-corrected chi connectivity index (χ0v) is 12.3. The molecule has 0 saturated carbocycles. The molecular weight excluding hydrogens is 327 g/mol. The highest BCUT2D eigenvalue weighted by Crippen LogP contribution is 2.24. The normalized spacial score (nSPS) is 30.9. The third kappa shape index (κ3) is 4.08. The fraction of sp³-hybridized carbons (Fsp3) is 0.400. The second-order valence-electron chi connectivity index (χ2n) is 5.18. The second-order valence-corrected chi connectivity index (χ2v) is 5.18. The van der Waals surface area contributed by atoms with Crippen LogP contribution in [0, 0.1) is 5.82 Å². The Hall–Kier alpha value is -2.04. The molecule has 1 aliphatic rings. The van der Waals surface area contributed by atoms with Crippen LogP contribution in [-0.2, 0) is 14.3 Å². The van der Waals surface area contributed by atoms with E-state index in [0.29, 0.717) is 0 Å². The van der Waals surface area contributed by atoms with Crippen LogP contribution in [0.3, 0.4) is 0 Å². The lowest BCUT2D eigenvalue weighted by atomic mass is 9.99. The van der Waals surface area contributed by atoms with Gasteiger partial charge < -0.3 is 35.0 Å². The summed E-state index contributed by atoms with van der Waals surface area (Å²) in [5.74, 6) is -2.78. The summed E-state index contributed by atoms with van der Waals surface area (Å²) in [6.45, 7) is -0.680. The van der Waals surface area contributed by atoms with Gasteiger partial charge in [0.1, 0.15) is 30.2 Å². The molecule has 132 valence electrons. The number of aliphatic hydroxyl groups excluding tert-OH is 4. The van der Waals surface area contributed by atoms with E-state index in [4.69, 9.17) is 14.6 Å². The van der Waals surface area contributed by atoms with Gasteiger partial charge in [0.25, 0.3) is 0 Å². The van der Waals surface area contributed by atoms with Crippen molar-refractivity contribution in [2.24, 2.45) is 0 Å². The topological polar surface area (TPSA) is 137 Å². The number of carboxylic acids is 1. The quantitative estimate of drug-likeness (QED) is 0.341. The van der Waals surface area contributed by atoms with Gasteiger partial charge in [-0.2, -0.15) is 0 Å². The Morgan fingerprint density at radius 1 is 1.25 bits per heavy atom. The molecule has 1 aromatic carbocycles. The van der Waals surface area contributed by atoms with E-state index in [-0.39, 0.29) is 5.56 Å². The molecule has 5 atom stereocenters. The third-order valence-corrected chi connectivity index (χ3v) is 3.45. The summed E-state index contributed by atoms with van der Waals surface area (Å²) in [6, 6.07) is 5.05. The minimum atomic E-state index is -1.75. The van der Waals surface area contributed by atoms with E-state index in [1.807, 2.05) is 0 Å². The number of aliphatic hydroxyl groups is 4. The van der Waals surface area contributed by atoms with Crippen LogP contribution in [0.1, 0.15) is 5.56 Å². The third-order valence-electron chi connectivity index (χ3n) is 3.45. The van der Waals surface area contributed by atoms with Crippen molar-refractivity contribution < 1.29 is 44.2 Å². The van der Waals surface area contributed by atoms with Crippen LogP contribution in [-0.4, -0.2) is 68.8 Å². The van der Waals surface area contributed by atoms with Crippen LogP contribution in [0.2, 0.25) is 0 Å². The summed E-state index contributed by atoms with van der Waals surface area (Å²) in [5.41, 5.74) is 0.192. The first-order chi connectivity index (χ1) is 11.3. The molecule has 8 nitrogen and oxygen atoms in total. The lowest BCUT2D eigenvalue weighted by molar-refractivity contribution is -0.291. The molecule has 1 heterocycles. The van der Waals surface area contributed by atoms with Crippen LogP contribution in [0.15, 0.2) is 30.0 Å². The predicted molar refractivity (Wildman–Crippen MR) is 76.9 cm³/mol. The number of carbonyl (C=O) groups is 1. The van der Waals surface area contributed by atoms with Crippen molar-refractivity contribution in [1.29, 1.82) is 0 Å². The number of halogens is 1. The van der Waals surface area contributed by atoms with E-state index >= 15 is 0 Å². The molecule has 0 bridgehead atoms. The molecule has 2 rings (SSSR count). The molecule has 0 amide bonds. The zero-order chi connectivity index (χ0) is 17.9. The molecule has 0 radical (unpaired) electrons. The molecular formula is C15H17FO8. The van der Waals surface area contributed by atoms with Gasteiger partial charge in [0.15, 0.2) is 0 Å². The summed E-state index contributed by atoms with van der Waals surface area (Å²) >= 11 is 0. The van der Waals surface area contributed by atoms with Gasteiger partial charge in [0, 0.05) is 0 Å². The fourth-order valence-electron chi connectivity index (χ4n) is 2.18. The molecule has 5 N–H and O–H groups in total. The summed E-state index contributed by atoms with van der Waals surface area (Å²) in [4.78, 5) is 11.3. The number of carboxylic acid groups (broad SMARTS) is 1. The largest absolute Gasteiger partial charge is 0.475 e. The minimum absolute atomic E-state index is 0.192. The van der Waals surface area contributed by atoms with Crippen LogP contribution in [0.4, 0.5) is 4.39 Å². The second kappa shape index (κ2) is 7.69. The van der Waals surface area contributed by atoms with Crippen LogP contribution >= 0.6 is 0 Å². The summed E-state index contributed by atoms with van der Waals surface area (Å²) in [6.07, 6.45) is -6.92. The van der Waals surface area contributed by atoms with Crippen molar-refractivity contribution >= 4 is 12.0 Å². The highest BCUT2D eigenvalue weighted by Gasteiger charge is 2.45. The maximum absolute atomic E-state index is 13.2. The van der Waals surface area contributed by atoms with Crippen LogP contribution in [0.25, 0.3) is 6.08 Å². The molecule has 1 aliphatic heterocycles. The Morgan fingerprint density at radius 3 is 2.54 bits per heavy atom. The fourth-order valence-corrected chi connectivity index (χ4v) is 2.18. The molecule has 24 heavy (non-hydrogen) atoms. The Kier molecular flexibility index (Phi) is 5.86. The first kappa shape index (κ1) is 18.3. The molecule has 1 aromatic rings. The van der Waals surface area contributed by atoms with Crippen molar-refractivity contribution in [2.75, 3.05) is 6.61 Å². The predicted octanol–water partition coefficient (Wildman–Crippen LogP) is -0.932. The zero-order valence-electron chi connectivity index (χ0n) is 12.3. The highest BCUT2D eigenvalue weighted by molar-refractivity contribution is 5.89. The van der Waals surface area contributed by atoms with Crippen molar-refractivity contribution in [3.05, 3.63) is 41.4 Å². The SMILES string of the molecule is O=C(O)/C(=C\c1cccc(F)c1)O[C@H]1O[C@@H](CO)[C@H](O)[C@H](O)[C@H]1O. The van der Waals surface area contributed by atoms with Gasteiger partial charge in [0.2, 0.25) is 12.0 Å². The first-order valence-corrected chi connectivity index (χ1v) is 7.01. The van der Waals surface area contributed by atoms with E-state index in [0.717, 1.165) is 12.1 Å². The Morgan fingerprint density at radius 2 is 1.96 bits per heavy atom. The molecule has 0 aromatic heterocycles. The molecule has 0 unspecified atom stereocenters. The average Bonchev–Trinajstić information content (AvgIpc) is 2.54. The first-order valence-electron chi connectivity index (χ1n) is 7.01. The van der Waals surface area contributed by atoms with E-state index in [2.05, 4.69) is 0 Å². The minimum Gasteiger partial charge on any atom is -0.475 e. The average molecular weight is 344 g/mol. The number of hydrogen-bond donors (Lipinski definition) is 5. The summed E-state index contributed by atoms with van der Waals surface area (Å²) in [5, 5.41) is 47.4. The van der Waals surface area contributed by atoms with Gasteiger partial charge >= 0.3 is 5.97 Å². The van der Waals surface area contributed by atoms with Gasteiger partial charge in [-0.05, 0) is 23.8 Å². The van der Waals surface area contributed by atoms with Gasteiger partial charge in [-0.3, -0.25) is 0 Å². The smallest absolute Gasteiger partial charge is 0.371 e. The maximum Gasteiger partial charge on any atom is 0.371 e. The van der Waals surface area contributed by atoms with Crippen molar-refractivity contribution in [3.8, 4) is 0 Å². The summed E-state index contributed by atoms with van der Waals surface area (Å²) in [7, 11) is 0. The number of ether oxygens (including phenoxy) is 2. The van der Waals surface area contributed by atoms with Gasteiger partial charge in [-0.1, -0.05) is 12.1 Å². The number of hydrogen-bond acceptors (Lipinski definition) is 7. The Balaban J connectivity index is 2.22. The lowest BCUT2D eigenvalue weighted by Crippen LogP contribution is -2.59. The molecule has 9 heteroatoms. The van der Waals surface area contributed by atoms with Gasteiger partial charge in [-0.15, -0.1) is 0 Å². The number of aliphatic carboxylic acids is 1. The molecule has 0 spiro atoms. The Labute approximate surface area is 136 Å². The van der Waals surface area contributed by atoms with E-state index in [1.165, 1.54) is 18.2 Å². The van der Waals surface area contributed by atoms with Gasteiger partial charge in [0.05, 0.1) is 6.61 Å². The van der Waals surface area contributed by atoms with Gasteiger partial charge in [-0.25, -0.2) is 9.18 Å². The van der Waals surface area contributed by atoms with E-state index < -0.39 is 54.9 Å². The number of rotatable bonds is 5. The lowest BCUT2D eigenvalue weighted by Gasteiger charge is -2.39. The van der Waals surface area contributed by atoms with E-state index in [9.17, 15) is 29.6 Å². The molecule has 1 saturated heterocycles. The monoisotopic (exact) mass is 344 g/mol. The molecule has 0 aliphatic carbocycles. The highest BCUT2D eigenvalue weighted by atomic mass is 19.1. The van der Waals surface area contributed by atoms with Crippen LogP contribution < -0.4 is 0 Å². The van der Waals surface area contributed by atoms with E-state index in [1.54, 1.807) is 0 Å². The Bertz CT molecular complexity index is 617. The van der Waals surface area contributed by atoms with Crippen LogP contribution in [0.5, 0.6) is 0 Å².